The first-order valence-electron chi connectivity index (χ1n) is 8.29. The highest BCUT2D eigenvalue weighted by Gasteiger charge is 2.26. The summed E-state index contributed by atoms with van der Waals surface area (Å²) in [6.45, 7) is 7.39. The van der Waals surface area contributed by atoms with Crippen molar-refractivity contribution in [2.75, 3.05) is 13.1 Å². The number of H-pyrrole nitrogens is 1. The van der Waals surface area contributed by atoms with Gasteiger partial charge in [0.25, 0.3) is 0 Å². The molecule has 5 nitrogen and oxygen atoms in total. The van der Waals surface area contributed by atoms with Crippen LogP contribution in [0.1, 0.15) is 34.3 Å². The van der Waals surface area contributed by atoms with E-state index in [2.05, 4.69) is 44.3 Å². The van der Waals surface area contributed by atoms with Crippen LogP contribution in [0.2, 0.25) is 0 Å². The number of aromatic nitrogens is 4. The quantitative estimate of drug-likeness (QED) is 0.790. The van der Waals surface area contributed by atoms with Crippen molar-refractivity contribution >= 4 is 11.3 Å². The minimum Gasteiger partial charge on any atom is -0.343 e. The largest absolute Gasteiger partial charge is 0.343 e. The standard InChI is InChI=1S/C18H21N5S/c1-12-4-8-24-17(12)11-23-7-3-14(10-23)15-9-16(22-13(2)21-15)18-19-5-6-20-18/h4-6,8-9,14H,3,7,10-11H2,1-2H3,(H,19,20). The van der Waals surface area contributed by atoms with Crippen molar-refractivity contribution < 1.29 is 0 Å². The van der Waals surface area contributed by atoms with Gasteiger partial charge in [0.2, 0.25) is 0 Å². The Balaban J connectivity index is 1.52. The maximum atomic E-state index is 4.70. The molecule has 1 atom stereocenters. The molecule has 0 saturated carbocycles. The van der Waals surface area contributed by atoms with Gasteiger partial charge in [-0.25, -0.2) is 15.0 Å². The van der Waals surface area contributed by atoms with Crippen LogP contribution in [-0.4, -0.2) is 37.9 Å². The van der Waals surface area contributed by atoms with E-state index in [1.807, 2.05) is 24.5 Å². The van der Waals surface area contributed by atoms with Crippen LogP contribution >= 0.6 is 11.3 Å². The van der Waals surface area contributed by atoms with Gasteiger partial charge in [0.1, 0.15) is 11.5 Å². The number of rotatable bonds is 4. The number of likely N-dealkylation sites (tertiary alicyclic amines) is 1. The van der Waals surface area contributed by atoms with Crippen LogP contribution in [0.4, 0.5) is 0 Å². The molecule has 0 aliphatic carbocycles. The number of aryl methyl sites for hydroxylation is 2. The van der Waals surface area contributed by atoms with E-state index in [4.69, 9.17) is 4.98 Å². The number of aromatic amines is 1. The summed E-state index contributed by atoms with van der Waals surface area (Å²) in [5, 5.41) is 2.18. The van der Waals surface area contributed by atoms with Gasteiger partial charge in [-0.1, -0.05) is 0 Å². The van der Waals surface area contributed by atoms with Crippen LogP contribution < -0.4 is 0 Å². The topological polar surface area (TPSA) is 57.7 Å². The zero-order chi connectivity index (χ0) is 16.5. The average molecular weight is 339 g/mol. The Morgan fingerprint density at radius 3 is 3.00 bits per heavy atom. The number of nitrogens with one attached hydrogen (secondary N) is 1. The Hall–Kier alpha value is -2.05. The van der Waals surface area contributed by atoms with E-state index >= 15 is 0 Å². The second-order valence-corrected chi connectivity index (χ2v) is 7.41. The molecule has 0 radical (unpaired) electrons. The van der Waals surface area contributed by atoms with E-state index in [0.29, 0.717) is 5.92 Å². The molecule has 3 aromatic rings. The van der Waals surface area contributed by atoms with E-state index in [1.54, 1.807) is 6.20 Å². The van der Waals surface area contributed by atoms with Gasteiger partial charge in [0, 0.05) is 42.0 Å². The number of nitrogens with zero attached hydrogens (tertiary/aromatic N) is 4. The van der Waals surface area contributed by atoms with Crippen molar-refractivity contribution in [3.8, 4) is 11.5 Å². The Bertz CT molecular complexity index is 824. The molecule has 1 unspecified atom stereocenters. The third kappa shape index (κ3) is 3.12. The SMILES string of the molecule is Cc1nc(-c2ncc[nH]2)cc(C2CCN(Cc3sccc3C)C2)n1. The number of hydrogen-bond acceptors (Lipinski definition) is 5. The van der Waals surface area contributed by atoms with Crippen LogP contribution in [0.15, 0.2) is 29.9 Å². The number of imidazole rings is 1. The summed E-state index contributed by atoms with van der Waals surface area (Å²) < 4.78 is 0. The van der Waals surface area contributed by atoms with Gasteiger partial charge in [-0.2, -0.15) is 0 Å². The van der Waals surface area contributed by atoms with E-state index in [1.165, 1.54) is 10.4 Å². The minimum atomic E-state index is 0.473. The predicted octanol–water partition coefficient (Wildman–Crippen LogP) is 3.53. The minimum absolute atomic E-state index is 0.473. The van der Waals surface area contributed by atoms with E-state index in [0.717, 1.165) is 49.1 Å². The first-order chi connectivity index (χ1) is 11.7. The second-order valence-electron chi connectivity index (χ2n) is 6.41. The van der Waals surface area contributed by atoms with Crippen molar-refractivity contribution in [1.29, 1.82) is 0 Å². The molecule has 3 aromatic heterocycles. The molecule has 0 aromatic carbocycles. The second kappa shape index (κ2) is 6.45. The highest BCUT2D eigenvalue weighted by atomic mass is 32.1. The molecule has 4 heterocycles. The third-order valence-electron chi connectivity index (χ3n) is 4.62. The third-order valence-corrected chi connectivity index (χ3v) is 5.63. The zero-order valence-electron chi connectivity index (χ0n) is 14.0. The molecule has 1 fully saturated rings. The van der Waals surface area contributed by atoms with Crippen LogP contribution in [0.25, 0.3) is 11.5 Å². The van der Waals surface area contributed by atoms with Crippen LogP contribution in [0.3, 0.4) is 0 Å². The van der Waals surface area contributed by atoms with Gasteiger partial charge in [-0.3, -0.25) is 4.90 Å². The highest BCUT2D eigenvalue weighted by Crippen LogP contribution is 2.30. The molecule has 0 spiro atoms. The Morgan fingerprint density at radius 2 is 2.25 bits per heavy atom. The maximum Gasteiger partial charge on any atom is 0.156 e. The lowest BCUT2D eigenvalue weighted by Crippen LogP contribution is -2.19. The van der Waals surface area contributed by atoms with E-state index in [9.17, 15) is 0 Å². The van der Waals surface area contributed by atoms with Gasteiger partial charge in [-0.05, 0) is 49.9 Å². The zero-order valence-corrected chi connectivity index (χ0v) is 14.8. The predicted molar refractivity (Wildman–Crippen MR) is 96.0 cm³/mol. The summed E-state index contributed by atoms with van der Waals surface area (Å²) in [4.78, 5) is 20.7. The molecule has 6 heteroatoms. The molecule has 1 saturated heterocycles. The summed E-state index contributed by atoms with van der Waals surface area (Å²) in [5.74, 6) is 2.10. The first kappa shape index (κ1) is 15.5. The molecule has 124 valence electrons. The Morgan fingerprint density at radius 1 is 1.33 bits per heavy atom. The number of thiophene rings is 1. The van der Waals surface area contributed by atoms with Gasteiger partial charge < -0.3 is 4.98 Å². The van der Waals surface area contributed by atoms with Crippen molar-refractivity contribution in [2.24, 2.45) is 0 Å². The molecular weight excluding hydrogens is 318 g/mol. The lowest BCUT2D eigenvalue weighted by atomic mass is 10.0. The van der Waals surface area contributed by atoms with Crippen molar-refractivity contribution in [3.05, 3.63) is 51.9 Å². The Labute approximate surface area is 145 Å². The van der Waals surface area contributed by atoms with Crippen molar-refractivity contribution in [2.45, 2.75) is 32.7 Å². The first-order valence-corrected chi connectivity index (χ1v) is 9.17. The highest BCUT2D eigenvalue weighted by molar-refractivity contribution is 7.10. The van der Waals surface area contributed by atoms with Gasteiger partial charge in [0.05, 0.1) is 0 Å². The average Bonchev–Trinajstić information content (AvgIpc) is 3.30. The van der Waals surface area contributed by atoms with Gasteiger partial charge in [-0.15, -0.1) is 11.3 Å². The van der Waals surface area contributed by atoms with Crippen LogP contribution in [0.5, 0.6) is 0 Å². The summed E-state index contributed by atoms with van der Waals surface area (Å²) in [5.41, 5.74) is 3.43. The summed E-state index contributed by atoms with van der Waals surface area (Å²) in [7, 11) is 0. The fourth-order valence-corrected chi connectivity index (χ4v) is 4.26. The molecular formula is C18H21N5S. The van der Waals surface area contributed by atoms with Crippen molar-refractivity contribution in [3.63, 3.8) is 0 Å². The number of hydrogen-bond donors (Lipinski definition) is 1. The normalized spacial score (nSPS) is 18.3. The fraction of sp³-hybridized carbons (Fsp3) is 0.389. The lowest BCUT2D eigenvalue weighted by Gasteiger charge is -2.16. The van der Waals surface area contributed by atoms with Crippen LogP contribution in [0, 0.1) is 13.8 Å². The molecule has 1 aliphatic heterocycles. The molecule has 0 amide bonds. The fourth-order valence-electron chi connectivity index (χ4n) is 3.31. The summed E-state index contributed by atoms with van der Waals surface area (Å²) >= 11 is 1.86. The molecule has 1 aliphatic rings. The van der Waals surface area contributed by atoms with Gasteiger partial charge in [0.15, 0.2) is 5.82 Å². The molecule has 0 bridgehead atoms. The maximum absolute atomic E-state index is 4.70. The monoisotopic (exact) mass is 339 g/mol. The summed E-state index contributed by atoms with van der Waals surface area (Å²) in [6, 6.07) is 4.30. The molecule has 24 heavy (non-hydrogen) atoms. The lowest BCUT2D eigenvalue weighted by molar-refractivity contribution is 0.328. The van der Waals surface area contributed by atoms with Crippen molar-refractivity contribution in [1.82, 2.24) is 24.8 Å². The molecule has 1 N–H and O–H groups in total. The summed E-state index contributed by atoms with van der Waals surface area (Å²) in [6.07, 6.45) is 4.73. The van der Waals surface area contributed by atoms with Crippen LogP contribution in [-0.2, 0) is 6.54 Å². The Kier molecular flexibility index (Phi) is 4.16. The van der Waals surface area contributed by atoms with Gasteiger partial charge >= 0.3 is 0 Å². The molecule has 4 rings (SSSR count). The smallest absolute Gasteiger partial charge is 0.156 e. The van der Waals surface area contributed by atoms with E-state index < -0.39 is 0 Å². The van der Waals surface area contributed by atoms with E-state index in [-0.39, 0.29) is 0 Å².